The largest absolute Gasteiger partial charge is 0.411 e. The van der Waals surface area contributed by atoms with Gasteiger partial charge in [0, 0.05) is 12.1 Å². The molecule has 2 atom stereocenters. The van der Waals surface area contributed by atoms with Gasteiger partial charge in [0.2, 0.25) is 0 Å². The summed E-state index contributed by atoms with van der Waals surface area (Å²) in [6.07, 6.45) is -2.82. The Hall–Kier alpha value is -0.290. The third kappa shape index (κ3) is 3.52. The van der Waals surface area contributed by atoms with Crippen molar-refractivity contribution in [3.8, 4) is 0 Å². The van der Waals surface area contributed by atoms with Crippen molar-refractivity contribution >= 4 is 0 Å². The summed E-state index contributed by atoms with van der Waals surface area (Å²) in [5.74, 6) is 0.419. The smallest absolute Gasteiger partial charge is 0.372 e. The van der Waals surface area contributed by atoms with E-state index in [-0.39, 0.29) is 12.1 Å². The highest BCUT2D eigenvalue weighted by Crippen LogP contribution is 2.42. The Morgan fingerprint density at radius 1 is 1.54 bits per heavy atom. The molecule has 0 heterocycles. The summed E-state index contributed by atoms with van der Waals surface area (Å²) in [5.41, 5.74) is 5.52. The minimum Gasteiger partial charge on any atom is -0.372 e. The average molecular weight is 197 g/mol. The van der Waals surface area contributed by atoms with Crippen LogP contribution in [-0.2, 0) is 4.74 Å². The zero-order valence-electron chi connectivity index (χ0n) is 7.53. The summed E-state index contributed by atoms with van der Waals surface area (Å²) in [7, 11) is 0. The van der Waals surface area contributed by atoms with E-state index in [1.807, 2.05) is 6.92 Å². The van der Waals surface area contributed by atoms with E-state index in [0.29, 0.717) is 12.3 Å². The van der Waals surface area contributed by atoms with Gasteiger partial charge in [-0.2, -0.15) is 13.2 Å². The molecule has 0 saturated heterocycles. The van der Waals surface area contributed by atoms with E-state index in [1.54, 1.807) is 0 Å². The molecule has 0 aromatic heterocycles. The summed E-state index contributed by atoms with van der Waals surface area (Å²) < 4.78 is 39.3. The van der Waals surface area contributed by atoms with E-state index in [4.69, 9.17) is 5.73 Å². The maximum atomic E-state index is 11.6. The number of halogens is 3. The normalized spacial score (nSPS) is 33.5. The lowest BCUT2D eigenvalue weighted by molar-refractivity contribution is -0.174. The highest BCUT2D eigenvalue weighted by molar-refractivity contribution is 5.04. The van der Waals surface area contributed by atoms with Crippen molar-refractivity contribution in [3.05, 3.63) is 0 Å². The Morgan fingerprint density at radius 3 is 2.46 bits per heavy atom. The summed E-state index contributed by atoms with van der Waals surface area (Å²) >= 11 is 0. The zero-order valence-corrected chi connectivity index (χ0v) is 7.53. The molecular formula is C8H14F3NO. The molecular weight excluding hydrogens is 183 g/mol. The first kappa shape index (κ1) is 10.8. The first-order chi connectivity index (χ1) is 5.83. The van der Waals surface area contributed by atoms with E-state index < -0.39 is 12.8 Å². The van der Waals surface area contributed by atoms with Crippen LogP contribution >= 0.6 is 0 Å². The molecule has 2 N–H and O–H groups in total. The molecule has 0 aliphatic heterocycles. The van der Waals surface area contributed by atoms with E-state index in [0.717, 1.165) is 6.42 Å². The van der Waals surface area contributed by atoms with Gasteiger partial charge < -0.3 is 10.5 Å². The molecule has 5 heteroatoms. The van der Waals surface area contributed by atoms with E-state index in [9.17, 15) is 13.2 Å². The van der Waals surface area contributed by atoms with Crippen LogP contribution in [0.1, 0.15) is 19.8 Å². The fraction of sp³-hybridized carbons (Fsp3) is 1.00. The molecule has 0 spiro atoms. The van der Waals surface area contributed by atoms with Crippen LogP contribution in [0.2, 0.25) is 0 Å². The molecule has 2 nitrogen and oxygen atoms in total. The van der Waals surface area contributed by atoms with E-state index in [1.165, 1.54) is 0 Å². The quantitative estimate of drug-likeness (QED) is 0.696. The van der Waals surface area contributed by atoms with E-state index in [2.05, 4.69) is 4.74 Å². The Bertz CT molecular complexity index is 183. The summed E-state index contributed by atoms with van der Waals surface area (Å²) in [6.45, 7) is 0.918. The second kappa shape index (κ2) is 3.46. The maximum absolute atomic E-state index is 11.6. The predicted octanol–water partition coefficient (Wildman–Crippen LogP) is 1.69. The average Bonchev–Trinajstić information content (AvgIpc) is 2.52. The standard InChI is InChI=1S/C8H14F3NO/c1-6-4-7(6,12)2-3-13-5-8(9,10)11/h6H,2-5,12H2,1H3. The fourth-order valence-electron chi connectivity index (χ4n) is 1.31. The summed E-state index contributed by atoms with van der Waals surface area (Å²) in [4.78, 5) is 0. The molecule has 0 aromatic rings. The number of hydrogen-bond donors (Lipinski definition) is 1. The number of rotatable bonds is 4. The Labute approximate surface area is 75.2 Å². The van der Waals surface area contributed by atoms with Crippen molar-refractivity contribution in [2.75, 3.05) is 13.2 Å². The molecule has 0 aromatic carbocycles. The van der Waals surface area contributed by atoms with Gasteiger partial charge in [0.1, 0.15) is 6.61 Å². The first-order valence-corrected chi connectivity index (χ1v) is 4.27. The van der Waals surface area contributed by atoms with Gasteiger partial charge in [0.15, 0.2) is 0 Å². The van der Waals surface area contributed by atoms with E-state index >= 15 is 0 Å². The second-order valence-electron chi connectivity index (χ2n) is 3.76. The number of nitrogens with two attached hydrogens (primary N) is 1. The number of hydrogen-bond acceptors (Lipinski definition) is 2. The first-order valence-electron chi connectivity index (χ1n) is 4.27. The van der Waals surface area contributed by atoms with Crippen LogP contribution < -0.4 is 5.73 Å². The van der Waals surface area contributed by atoms with Crippen molar-refractivity contribution in [1.82, 2.24) is 0 Å². The third-order valence-corrected chi connectivity index (χ3v) is 2.49. The van der Waals surface area contributed by atoms with Crippen molar-refractivity contribution in [1.29, 1.82) is 0 Å². The minimum atomic E-state index is -4.23. The molecule has 0 amide bonds. The van der Waals surface area contributed by atoms with Gasteiger partial charge in [-0.05, 0) is 18.8 Å². The van der Waals surface area contributed by atoms with Gasteiger partial charge in [-0.25, -0.2) is 0 Å². The van der Waals surface area contributed by atoms with Crippen molar-refractivity contribution < 1.29 is 17.9 Å². The van der Waals surface area contributed by atoms with Crippen LogP contribution in [-0.4, -0.2) is 24.9 Å². The lowest BCUT2D eigenvalue weighted by atomic mass is 10.2. The second-order valence-corrected chi connectivity index (χ2v) is 3.76. The minimum absolute atomic E-state index is 0.0976. The number of ether oxygens (including phenoxy) is 1. The Morgan fingerprint density at radius 2 is 2.08 bits per heavy atom. The molecule has 1 aliphatic carbocycles. The molecule has 1 fully saturated rings. The number of alkyl halides is 3. The molecule has 0 radical (unpaired) electrons. The van der Waals surface area contributed by atoms with Crippen molar-refractivity contribution in [3.63, 3.8) is 0 Å². The van der Waals surface area contributed by atoms with Crippen molar-refractivity contribution in [2.24, 2.45) is 11.7 Å². The lowest BCUT2D eigenvalue weighted by Gasteiger charge is -2.11. The van der Waals surface area contributed by atoms with Crippen LogP contribution in [0.5, 0.6) is 0 Å². The zero-order chi connectivity index (χ0) is 10.1. The lowest BCUT2D eigenvalue weighted by Crippen LogP contribution is -2.27. The van der Waals surface area contributed by atoms with Gasteiger partial charge in [-0.3, -0.25) is 0 Å². The summed E-state index contributed by atoms with van der Waals surface area (Å²) in [5, 5.41) is 0. The van der Waals surface area contributed by atoms with Gasteiger partial charge in [-0.15, -0.1) is 0 Å². The maximum Gasteiger partial charge on any atom is 0.411 e. The van der Waals surface area contributed by atoms with Gasteiger partial charge in [0.05, 0.1) is 0 Å². The monoisotopic (exact) mass is 197 g/mol. The highest BCUT2D eigenvalue weighted by atomic mass is 19.4. The van der Waals surface area contributed by atoms with Crippen molar-refractivity contribution in [2.45, 2.75) is 31.5 Å². The molecule has 13 heavy (non-hydrogen) atoms. The Balaban J connectivity index is 2.03. The van der Waals surface area contributed by atoms with Gasteiger partial charge >= 0.3 is 6.18 Å². The van der Waals surface area contributed by atoms with Gasteiger partial charge in [-0.1, -0.05) is 6.92 Å². The Kier molecular flexibility index (Phi) is 2.87. The van der Waals surface area contributed by atoms with Crippen LogP contribution in [0.15, 0.2) is 0 Å². The predicted molar refractivity (Wildman–Crippen MR) is 42.2 cm³/mol. The molecule has 1 aliphatic rings. The van der Waals surface area contributed by atoms with Crippen LogP contribution in [0.4, 0.5) is 13.2 Å². The molecule has 2 unspecified atom stereocenters. The highest BCUT2D eigenvalue weighted by Gasteiger charge is 2.46. The molecule has 78 valence electrons. The molecule has 1 saturated carbocycles. The summed E-state index contributed by atoms with van der Waals surface area (Å²) in [6, 6.07) is 0. The molecule has 1 rings (SSSR count). The van der Waals surface area contributed by atoms with Crippen LogP contribution in [0.3, 0.4) is 0 Å². The van der Waals surface area contributed by atoms with Gasteiger partial charge in [0.25, 0.3) is 0 Å². The SMILES string of the molecule is CC1CC1(N)CCOCC(F)(F)F. The third-order valence-electron chi connectivity index (χ3n) is 2.49. The fourth-order valence-corrected chi connectivity index (χ4v) is 1.31. The molecule has 0 bridgehead atoms. The van der Waals surface area contributed by atoms with Crippen LogP contribution in [0.25, 0.3) is 0 Å². The topological polar surface area (TPSA) is 35.2 Å². The van der Waals surface area contributed by atoms with Crippen LogP contribution in [0, 0.1) is 5.92 Å².